The van der Waals surface area contributed by atoms with Crippen LogP contribution in [0.2, 0.25) is 0 Å². The van der Waals surface area contributed by atoms with E-state index in [4.69, 9.17) is 4.74 Å². The first-order valence-corrected chi connectivity index (χ1v) is 11.3. The monoisotopic (exact) mass is 453 g/mol. The second kappa shape index (κ2) is 10.0. The van der Waals surface area contributed by atoms with Gasteiger partial charge in [-0.25, -0.2) is 4.39 Å². The van der Waals surface area contributed by atoms with E-state index < -0.39 is 11.7 Å². The Bertz CT molecular complexity index is 1180. The third-order valence-electron chi connectivity index (χ3n) is 5.18. The summed E-state index contributed by atoms with van der Waals surface area (Å²) in [6, 6.07) is 12.7. The maximum absolute atomic E-state index is 13.1. The molecule has 1 atom stereocenters. The molecule has 2 heterocycles. The van der Waals surface area contributed by atoms with Gasteiger partial charge in [0.15, 0.2) is 4.80 Å². The van der Waals surface area contributed by atoms with E-state index in [1.54, 1.807) is 6.07 Å². The van der Waals surface area contributed by atoms with Gasteiger partial charge in [0.25, 0.3) is 11.8 Å². The van der Waals surface area contributed by atoms with E-state index in [1.165, 1.54) is 35.6 Å². The molecule has 1 fully saturated rings. The van der Waals surface area contributed by atoms with Gasteiger partial charge in [0.05, 0.1) is 6.10 Å². The molecule has 8 heteroatoms. The minimum absolute atomic E-state index is 0.0919. The number of amides is 2. The largest absolute Gasteiger partial charge is 0.376 e. The summed E-state index contributed by atoms with van der Waals surface area (Å²) in [6.45, 7) is 3.67. The SMILES string of the molecule is Cc1cn(Cc2cccc(C(=O)NC[C@H]3CCCO3)c2)c(=NC(=O)c2ccc(F)cc2)s1. The van der Waals surface area contributed by atoms with Gasteiger partial charge >= 0.3 is 0 Å². The van der Waals surface area contributed by atoms with Gasteiger partial charge in [0.2, 0.25) is 0 Å². The molecule has 4 rings (SSSR count). The smallest absolute Gasteiger partial charge is 0.279 e. The lowest BCUT2D eigenvalue weighted by molar-refractivity contribution is 0.0857. The van der Waals surface area contributed by atoms with Gasteiger partial charge in [0, 0.05) is 41.9 Å². The van der Waals surface area contributed by atoms with Gasteiger partial charge in [-0.2, -0.15) is 4.99 Å². The molecule has 0 saturated carbocycles. The van der Waals surface area contributed by atoms with Crippen LogP contribution in [0.1, 0.15) is 44.0 Å². The second-order valence-electron chi connectivity index (χ2n) is 7.72. The number of aryl methyl sites for hydroxylation is 1. The Labute approximate surface area is 189 Å². The minimum atomic E-state index is -0.428. The highest BCUT2D eigenvalue weighted by Gasteiger charge is 2.17. The van der Waals surface area contributed by atoms with Crippen molar-refractivity contribution in [3.05, 3.63) is 86.9 Å². The number of halogens is 1. The molecule has 6 nitrogen and oxygen atoms in total. The lowest BCUT2D eigenvalue weighted by Gasteiger charge is -2.11. The summed E-state index contributed by atoms with van der Waals surface area (Å²) in [4.78, 5) is 30.8. The normalized spacial score (nSPS) is 16.3. The number of carbonyl (C=O) groups excluding carboxylic acids is 2. The molecule has 1 saturated heterocycles. The molecule has 32 heavy (non-hydrogen) atoms. The summed E-state index contributed by atoms with van der Waals surface area (Å²) in [5, 5.41) is 2.94. The summed E-state index contributed by atoms with van der Waals surface area (Å²) in [6.07, 6.45) is 4.02. The van der Waals surface area contributed by atoms with Crippen LogP contribution in [-0.4, -0.2) is 35.6 Å². The van der Waals surface area contributed by atoms with Crippen molar-refractivity contribution >= 4 is 23.2 Å². The van der Waals surface area contributed by atoms with Crippen LogP contribution in [0.25, 0.3) is 0 Å². The Morgan fingerprint density at radius 2 is 2.03 bits per heavy atom. The molecule has 0 radical (unpaired) electrons. The predicted octanol–water partition coefficient (Wildman–Crippen LogP) is 3.70. The minimum Gasteiger partial charge on any atom is -0.376 e. The predicted molar refractivity (Wildman–Crippen MR) is 120 cm³/mol. The van der Waals surface area contributed by atoms with Crippen LogP contribution in [0.3, 0.4) is 0 Å². The Morgan fingerprint density at radius 3 is 2.78 bits per heavy atom. The van der Waals surface area contributed by atoms with E-state index in [9.17, 15) is 14.0 Å². The van der Waals surface area contributed by atoms with Gasteiger partial charge in [-0.1, -0.05) is 12.1 Å². The number of nitrogens with zero attached hydrogens (tertiary/aromatic N) is 2. The Morgan fingerprint density at radius 1 is 1.22 bits per heavy atom. The zero-order chi connectivity index (χ0) is 22.5. The van der Waals surface area contributed by atoms with Crippen LogP contribution < -0.4 is 10.1 Å². The van der Waals surface area contributed by atoms with E-state index in [0.717, 1.165) is 29.9 Å². The van der Waals surface area contributed by atoms with Crippen LogP contribution in [0.5, 0.6) is 0 Å². The Hall–Kier alpha value is -3.10. The first-order valence-electron chi connectivity index (χ1n) is 10.5. The fourth-order valence-electron chi connectivity index (χ4n) is 3.57. The van der Waals surface area contributed by atoms with E-state index >= 15 is 0 Å². The molecule has 1 aliphatic heterocycles. The number of hydrogen-bond donors (Lipinski definition) is 1. The van der Waals surface area contributed by atoms with Gasteiger partial charge in [-0.15, -0.1) is 11.3 Å². The lowest BCUT2D eigenvalue weighted by atomic mass is 10.1. The second-order valence-corrected chi connectivity index (χ2v) is 8.93. The highest BCUT2D eigenvalue weighted by atomic mass is 32.1. The maximum atomic E-state index is 13.1. The molecule has 0 bridgehead atoms. The molecular formula is C24H24FN3O3S. The van der Waals surface area contributed by atoms with Crippen molar-refractivity contribution in [3.63, 3.8) is 0 Å². The molecule has 2 amide bonds. The number of thiazole rings is 1. The number of rotatable bonds is 6. The first-order chi connectivity index (χ1) is 15.5. The van der Waals surface area contributed by atoms with Crippen LogP contribution in [-0.2, 0) is 11.3 Å². The van der Waals surface area contributed by atoms with Crippen LogP contribution in [0.15, 0.2) is 59.7 Å². The van der Waals surface area contributed by atoms with Gasteiger partial charge in [-0.05, 0) is 61.7 Å². The first kappa shape index (κ1) is 22.1. The molecule has 1 N–H and O–H groups in total. The third kappa shape index (κ3) is 5.57. The number of carbonyl (C=O) groups is 2. The molecule has 1 aromatic heterocycles. The van der Waals surface area contributed by atoms with Crippen molar-refractivity contribution in [3.8, 4) is 0 Å². The summed E-state index contributed by atoms with van der Waals surface area (Å²) < 4.78 is 20.6. The molecule has 0 aliphatic carbocycles. The summed E-state index contributed by atoms with van der Waals surface area (Å²) in [7, 11) is 0. The molecule has 1 aliphatic rings. The van der Waals surface area contributed by atoms with Crippen molar-refractivity contribution in [2.45, 2.75) is 32.4 Å². The molecule has 3 aromatic rings. The van der Waals surface area contributed by atoms with E-state index in [2.05, 4.69) is 10.3 Å². The summed E-state index contributed by atoms with van der Waals surface area (Å²) in [5.74, 6) is -0.962. The highest BCUT2D eigenvalue weighted by Crippen LogP contribution is 2.12. The maximum Gasteiger partial charge on any atom is 0.279 e. The number of aromatic nitrogens is 1. The Kier molecular flexibility index (Phi) is 6.92. The standard InChI is InChI=1S/C24H24FN3O3S/c1-16-14-28(24(32-16)27-23(30)18-7-9-20(25)10-8-18)15-17-4-2-5-19(12-17)22(29)26-13-21-6-3-11-31-21/h2,4-5,7-10,12,14,21H,3,6,11,13,15H2,1H3,(H,26,29)/t21-/m1/s1. The fraction of sp³-hybridized carbons (Fsp3) is 0.292. The summed E-state index contributed by atoms with van der Waals surface area (Å²) >= 11 is 1.40. The fourth-order valence-corrected chi connectivity index (χ4v) is 4.40. The van der Waals surface area contributed by atoms with Gasteiger partial charge < -0.3 is 14.6 Å². The average molecular weight is 454 g/mol. The third-order valence-corrected chi connectivity index (χ3v) is 6.12. The van der Waals surface area contributed by atoms with Crippen molar-refractivity contribution < 1.29 is 18.7 Å². The number of benzene rings is 2. The zero-order valence-electron chi connectivity index (χ0n) is 17.7. The highest BCUT2D eigenvalue weighted by molar-refractivity contribution is 7.09. The van der Waals surface area contributed by atoms with Gasteiger partial charge in [0.1, 0.15) is 5.82 Å². The van der Waals surface area contributed by atoms with Crippen molar-refractivity contribution in [2.75, 3.05) is 13.2 Å². The van der Waals surface area contributed by atoms with Gasteiger partial charge in [-0.3, -0.25) is 9.59 Å². The Balaban J connectivity index is 1.49. The van der Waals surface area contributed by atoms with Crippen molar-refractivity contribution in [2.24, 2.45) is 4.99 Å². The molecular weight excluding hydrogens is 429 g/mol. The van der Waals surface area contributed by atoms with Crippen LogP contribution >= 0.6 is 11.3 Å². The average Bonchev–Trinajstić information content (AvgIpc) is 3.42. The topological polar surface area (TPSA) is 72.7 Å². The van der Waals surface area contributed by atoms with E-state index in [1.807, 2.05) is 35.9 Å². The number of ether oxygens (including phenoxy) is 1. The molecule has 2 aromatic carbocycles. The summed E-state index contributed by atoms with van der Waals surface area (Å²) in [5.41, 5.74) is 1.83. The van der Waals surface area contributed by atoms with Crippen molar-refractivity contribution in [1.82, 2.24) is 9.88 Å². The van der Waals surface area contributed by atoms with E-state index in [0.29, 0.717) is 29.0 Å². The zero-order valence-corrected chi connectivity index (χ0v) is 18.5. The molecule has 0 unspecified atom stereocenters. The lowest BCUT2D eigenvalue weighted by Crippen LogP contribution is -2.31. The quantitative estimate of drug-likeness (QED) is 0.619. The number of hydrogen-bond acceptors (Lipinski definition) is 4. The van der Waals surface area contributed by atoms with Crippen LogP contribution in [0, 0.1) is 12.7 Å². The van der Waals surface area contributed by atoms with Crippen molar-refractivity contribution in [1.29, 1.82) is 0 Å². The van der Waals surface area contributed by atoms with E-state index in [-0.39, 0.29) is 12.0 Å². The molecule has 166 valence electrons. The van der Waals surface area contributed by atoms with Crippen LogP contribution in [0.4, 0.5) is 4.39 Å². The number of nitrogens with one attached hydrogen (secondary N) is 1. The molecule has 0 spiro atoms.